The summed E-state index contributed by atoms with van der Waals surface area (Å²) in [5, 5.41) is 4.76. The molecule has 3 nitrogen and oxygen atoms in total. The van der Waals surface area contributed by atoms with Crippen LogP contribution >= 0.6 is 15.9 Å². The van der Waals surface area contributed by atoms with Gasteiger partial charge in [-0.05, 0) is 65.9 Å². The van der Waals surface area contributed by atoms with Crippen molar-refractivity contribution >= 4 is 15.9 Å². The monoisotopic (exact) mass is 319 g/mol. The van der Waals surface area contributed by atoms with Crippen molar-refractivity contribution in [1.82, 2.24) is 9.78 Å². The summed E-state index contributed by atoms with van der Waals surface area (Å²) >= 11 is 3.63. The van der Waals surface area contributed by atoms with Crippen LogP contribution in [0.15, 0.2) is 28.9 Å². The Labute approximate surface area is 121 Å². The third-order valence-corrected chi connectivity index (χ3v) is 4.47. The molecule has 1 aliphatic carbocycles. The normalized spacial score (nSPS) is 16.6. The van der Waals surface area contributed by atoms with Crippen molar-refractivity contribution in [3.05, 3.63) is 45.7 Å². The number of rotatable bonds is 3. The predicted octanol–water partition coefficient (Wildman–Crippen LogP) is 3.24. The maximum atomic E-state index is 5.90. The van der Waals surface area contributed by atoms with Gasteiger partial charge in [0.05, 0.1) is 15.9 Å². The lowest BCUT2D eigenvalue weighted by Gasteiger charge is -2.09. The average Bonchev–Trinajstić information content (AvgIpc) is 3.05. The Morgan fingerprint density at radius 2 is 1.89 bits per heavy atom. The second-order valence-electron chi connectivity index (χ2n) is 5.60. The number of benzene rings is 1. The van der Waals surface area contributed by atoms with E-state index in [0.717, 1.165) is 28.7 Å². The van der Waals surface area contributed by atoms with Crippen molar-refractivity contribution in [2.45, 2.75) is 32.1 Å². The molecule has 0 aliphatic heterocycles. The smallest absolute Gasteiger partial charge is 0.0845 e. The lowest BCUT2D eigenvalue weighted by atomic mass is 10.0. The minimum Gasteiger partial charge on any atom is -0.330 e. The number of nitrogens with zero attached hydrogens (tertiary/aromatic N) is 2. The molecule has 0 saturated heterocycles. The van der Waals surface area contributed by atoms with Crippen LogP contribution in [0.4, 0.5) is 0 Å². The molecule has 2 aromatic rings. The lowest BCUT2D eigenvalue weighted by Crippen LogP contribution is -2.21. The van der Waals surface area contributed by atoms with Crippen LogP contribution in [0.5, 0.6) is 0 Å². The van der Waals surface area contributed by atoms with Gasteiger partial charge in [-0.1, -0.05) is 6.07 Å². The fraction of sp³-hybridized carbons (Fsp3) is 0.400. The molecule has 1 fully saturated rings. The summed E-state index contributed by atoms with van der Waals surface area (Å²) in [5.41, 5.74) is 10.7. The fourth-order valence-corrected chi connectivity index (χ4v) is 3.31. The Bertz CT molecular complexity index is 606. The summed E-state index contributed by atoms with van der Waals surface area (Å²) in [6, 6.07) is 6.47. The molecule has 1 aliphatic rings. The first-order valence-electron chi connectivity index (χ1n) is 6.58. The number of hydrogen-bond acceptors (Lipinski definition) is 2. The summed E-state index contributed by atoms with van der Waals surface area (Å²) in [7, 11) is 0. The Morgan fingerprint density at radius 3 is 2.42 bits per heavy atom. The molecule has 0 atom stereocenters. The van der Waals surface area contributed by atoms with Crippen LogP contribution in [-0.4, -0.2) is 16.3 Å². The summed E-state index contributed by atoms with van der Waals surface area (Å²) in [6.07, 6.45) is 4.33. The van der Waals surface area contributed by atoms with Crippen molar-refractivity contribution in [3.8, 4) is 5.69 Å². The molecule has 0 bridgehead atoms. The van der Waals surface area contributed by atoms with E-state index in [2.05, 4.69) is 48.0 Å². The Kier molecular flexibility index (Phi) is 3.02. The predicted molar refractivity (Wildman–Crippen MR) is 80.7 cm³/mol. The van der Waals surface area contributed by atoms with E-state index in [1.165, 1.54) is 11.1 Å². The minimum absolute atomic E-state index is 0.114. The summed E-state index contributed by atoms with van der Waals surface area (Å²) in [5.74, 6) is 0. The van der Waals surface area contributed by atoms with Crippen LogP contribution < -0.4 is 5.73 Å². The molecular weight excluding hydrogens is 302 g/mol. The lowest BCUT2D eigenvalue weighted by molar-refractivity contribution is 0.659. The van der Waals surface area contributed by atoms with Gasteiger partial charge in [0.25, 0.3) is 0 Å². The number of aromatic nitrogens is 2. The van der Waals surface area contributed by atoms with E-state index >= 15 is 0 Å². The molecule has 1 aromatic heterocycles. The van der Waals surface area contributed by atoms with Gasteiger partial charge in [-0.15, -0.1) is 0 Å². The molecule has 2 N–H and O–H groups in total. The zero-order valence-corrected chi connectivity index (χ0v) is 12.9. The van der Waals surface area contributed by atoms with Crippen LogP contribution in [0.25, 0.3) is 5.69 Å². The first-order valence-corrected chi connectivity index (χ1v) is 7.38. The number of hydrogen-bond donors (Lipinski definition) is 1. The molecule has 0 spiro atoms. The molecule has 19 heavy (non-hydrogen) atoms. The molecule has 0 unspecified atom stereocenters. The standard InChI is InChI=1S/C15H18BrN3/c1-10-5-11(2)7-12(6-10)19-8-13(16)14(18-19)15(9-17)3-4-15/h5-8H,3-4,9,17H2,1-2H3. The highest BCUT2D eigenvalue weighted by atomic mass is 79.9. The Balaban J connectivity index is 2.05. The number of nitrogens with two attached hydrogens (primary N) is 1. The second-order valence-corrected chi connectivity index (χ2v) is 6.45. The summed E-state index contributed by atoms with van der Waals surface area (Å²) in [6.45, 7) is 4.89. The zero-order chi connectivity index (χ0) is 13.6. The molecule has 0 amide bonds. The van der Waals surface area contributed by atoms with Gasteiger partial charge in [-0.25, -0.2) is 4.68 Å². The molecular formula is C15H18BrN3. The van der Waals surface area contributed by atoms with E-state index in [-0.39, 0.29) is 5.41 Å². The van der Waals surface area contributed by atoms with Gasteiger partial charge >= 0.3 is 0 Å². The molecule has 1 heterocycles. The minimum atomic E-state index is 0.114. The second kappa shape index (κ2) is 4.46. The number of aryl methyl sites for hydroxylation is 2. The van der Waals surface area contributed by atoms with Crippen LogP contribution in [-0.2, 0) is 5.41 Å². The first-order chi connectivity index (χ1) is 9.04. The first kappa shape index (κ1) is 12.9. The SMILES string of the molecule is Cc1cc(C)cc(-n2cc(Br)c(C3(CN)CC3)n2)c1. The Hall–Kier alpha value is -1.13. The third kappa shape index (κ3) is 2.23. The maximum absolute atomic E-state index is 5.90. The molecule has 4 heteroatoms. The number of halogens is 1. The van der Waals surface area contributed by atoms with E-state index in [4.69, 9.17) is 10.8 Å². The molecule has 100 valence electrons. The molecule has 0 radical (unpaired) electrons. The van der Waals surface area contributed by atoms with Gasteiger partial charge in [0.1, 0.15) is 0 Å². The zero-order valence-electron chi connectivity index (χ0n) is 11.3. The highest BCUT2D eigenvalue weighted by molar-refractivity contribution is 9.10. The van der Waals surface area contributed by atoms with E-state index in [1.807, 2.05) is 10.9 Å². The van der Waals surface area contributed by atoms with Crippen LogP contribution in [0.2, 0.25) is 0 Å². The molecule has 1 aromatic carbocycles. The Morgan fingerprint density at radius 1 is 1.26 bits per heavy atom. The van der Waals surface area contributed by atoms with Gasteiger partial charge in [-0.2, -0.15) is 5.10 Å². The van der Waals surface area contributed by atoms with Gasteiger partial charge < -0.3 is 5.73 Å². The van der Waals surface area contributed by atoms with Crippen molar-refractivity contribution in [2.75, 3.05) is 6.54 Å². The quantitative estimate of drug-likeness (QED) is 0.943. The summed E-state index contributed by atoms with van der Waals surface area (Å²) in [4.78, 5) is 0. The van der Waals surface area contributed by atoms with E-state index in [9.17, 15) is 0 Å². The average molecular weight is 320 g/mol. The highest BCUT2D eigenvalue weighted by Gasteiger charge is 2.46. The highest BCUT2D eigenvalue weighted by Crippen LogP contribution is 2.48. The van der Waals surface area contributed by atoms with Gasteiger partial charge in [-0.3, -0.25) is 0 Å². The van der Waals surface area contributed by atoms with Crippen molar-refractivity contribution < 1.29 is 0 Å². The van der Waals surface area contributed by atoms with Crippen LogP contribution in [0, 0.1) is 13.8 Å². The molecule has 3 rings (SSSR count). The van der Waals surface area contributed by atoms with E-state index in [1.54, 1.807) is 0 Å². The third-order valence-electron chi connectivity index (χ3n) is 3.89. The largest absolute Gasteiger partial charge is 0.330 e. The summed E-state index contributed by atoms with van der Waals surface area (Å²) < 4.78 is 3.02. The maximum Gasteiger partial charge on any atom is 0.0845 e. The van der Waals surface area contributed by atoms with Crippen molar-refractivity contribution in [2.24, 2.45) is 5.73 Å². The van der Waals surface area contributed by atoms with E-state index < -0.39 is 0 Å². The van der Waals surface area contributed by atoms with Gasteiger partial charge in [0.15, 0.2) is 0 Å². The van der Waals surface area contributed by atoms with Crippen molar-refractivity contribution in [3.63, 3.8) is 0 Å². The van der Waals surface area contributed by atoms with Crippen molar-refractivity contribution in [1.29, 1.82) is 0 Å². The van der Waals surface area contributed by atoms with Gasteiger partial charge in [0, 0.05) is 18.2 Å². The van der Waals surface area contributed by atoms with Gasteiger partial charge in [0.2, 0.25) is 0 Å². The topological polar surface area (TPSA) is 43.8 Å². The van der Waals surface area contributed by atoms with Crippen LogP contribution in [0.1, 0.15) is 29.7 Å². The fourth-order valence-electron chi connectivity index (χ4n) is 2.62. The molecule has 1 saturated carbocycles. The van der Waals surface area contributed by atoms with Crippen LogP contribution in [0.3, 0.4) is 0 Å². The van der Waals surface area contributed by atoms with E-state index in [0.29, 0.717) is 6.54 Å².